The van der Waals surface area contributed by atoms with Gasteiger partial charge >= 0.3 is 0 Å². The molecule has 1 aromatic carbocycles. The zero-order valence-corrected chi connectivity index (χ0v) is 12.2. The fraction of sp³-hybridized carbons (Fsp3) is 0.500. The van der Waals surface area contributed by atoms with E-state index < -0.39 is 13.7 Å². The van der Waals surface area contributed by atoms with E-state index in [-0.39, 0.29) is 11.9 Å². The number of carbonyl (C=O) groups excluding carboxylic acids is 1. The summed E-state index contributed by atoms with van der Waals surface area (Å²) in [4.78, 5) is 12.3. The molecule has 0 bridgehead atoms. The summed E-state index contributed by atoms with van der Waals surface area (Å²) in [6.07, 6.45) is -0.0853. The van der Waals surface area contributed by atoms with Crippen LogP contribution in [0.2, 0.25) is 19.6 Å². The number of hydrogen-bond acceptors (Lipinski definition) is 2. The lowest BCUT2D eigenvalue weighted by Gasteiger charge is -2.32. The van der Waals surface area contributed by atoms with Gasteiger partial charge in [0.15, 0.2) is 14.1 Å². The van der Waals surface area contributed by atoms with E-state index in [9.17, 15) is 4.79 Å². The molecule has 1 atom stereocenters. The van der Waals surface area contributed by atoms with Crippen molar-refractivity contribution in [2.24, 2.45) is 5.41 Å². The Hall–Kier alpha value is -0.933. The van der Waals surface area contributed by atoms with Gasteiger partial charge < -0.3 is 4.43 Å². The van der Waals surface area contributed by atoms with E-state index in [1.807, 2.05) is 38.1 Å². The topological polar surface area (TPSA) is 26.3 Å². The summed E-state index contributed by atoms with van der Waals surface area (Å²) in [6.45, 7) is 10.5. The maximum absolute atomic E-state index is 12.3. The molecule has 0 saturated carbocycles. The summed E-state index contributed by atoms with van der Waals surface area (Å²) in [6, 6.07) is 7.83. The van der Waals surface area contributed by atoms with E-state index in [2.05, 4.69) is 19.6 Å². The fourth-order valence-corrected chi connectivity index (χ4v) is 3.48. The molecular formula is C14H20O2Si. The predicted molar refractivity (Wildman–Crippen MR) is 71.7 cm³/mol. The van der Waals surface area contributed by atoms with Crippen LogP contribution in [0.25, 0.3) is 0 Å². The molecule has 3 heteroatoms. The molecule has 2 rings (SSSR count). The van der Waals surface area contributed by atoms with Crippen LogP contribution in [0.5, 0.6) is 0 Å². The second-order valence-corrected chi connectivity index (χ2v) is 10.7. The van der Waals surface area contributed by atoms with Gasteiger partial charge in [0.25, 0.3) is 0 Å². The van der Waals surface area contributed by atoms with Gasteiger partial charge in [0.05, 0.1) is 11.5 Å². The number of rotatable bonds is 2. The van der Waals surface area contributed by atoms with Gasteiger partial charge in [-0.3, -0.25) is 4.79 Å². The Morgan fingerprint density at radius 1 is 1.18 bits per heavy atom. The van der Waals surface area contributed by atoms with Gasteiger partial charge in [-0.05, 0) is 39.1 Å². The lowest BCUT2D eigenvalue weighted by atomic mass is 9.86. The number of Topliss-reactive ketones (excluding diaryl/α,β-unsaturated/α-hetero) is 1. The molecule has 0 heterocycles. The number of carbonyl (C=O) groups is 1. The van der Waals surface area contributed by atoms with Crippen molar-refractivity contribution in [1.29, 1.82) is 0 Å². The van der Waals surface area contributed by atoms with Gasteiger partial charge in [0.1, 0.15) is 0 Å². The fourth-order valence-electron chi connectivity index (χ4n) is 2.35. The van der Waals surface area contributed by atoms with Crippen LogP contribution in [0.1, 0.15) is 35.9 Å². The van der Waals surface area contributed by atoms with E-state index >= 15 is 0 Å². The van der Waals surface area contributed by atoms with Crippen molar-refractivity contribution >= 4 is 14.1 Å². The molecule has 1 aliphatic carbocycles. The van der Waals surface area contributed by atoms with E-state index in [4.69, 9.17) is 4.43 Å². The molecule has 0 unspecified atom stereocenters. The Morgan fingerprint density at radius 2 is 1.76 bits per heavy atom. The summed E-state index contributed by atoms with van der Waals surface area (Å²) >= 11 is 0. The van der Waals surface area contributed by atoms with Gasteiger partial charge in [-0.2, -0.15) is 0 Å². The van der Waals surface area contributed by atoms with Crippen LogP contribution in [0, 0.1) is 5.41 Å². The standard InChI is InChI=1S/C14H20O2Si/c1-14(2)12(15)10-8-6-7-9-11(10)13(14)16-17(3,4)5/h6-9,13H,1-5H3/t13-/m0/s1. The molecule has 0 amide bonds. The SMILES string of the molecule is CC1(C)C(=O)c2ccccc2[C@@H]1O[Si](C)(C)C. The highest BCUT2D eigenvalue weighted by Gasteiger charge is 2.48. The van der Waals surface area contributed by atoms with Crippen molar-refractivity contribution in [1.82, 2.24) is 0 Å². The molecule has 1 aliphatic rings. The van der Waals surface area contributed by atoms with Crippen molar-refractivity contribution in [2.75, 3.05) is 0 Å². The zero-order valence-electron chi connectivity index (χ0n) is 11.2. The largest absolute Gasteiger partial charge is 0.410 e. The highest BCUT2D eigenvalue weighted by Crippen LogP contribution is 2.48. The third kappa shape index (κ3) is 2.09. The summed E-state index contributed by atoms with van der Waals surface area (Å²) in [5.41, 5.74) is 1.45. The first-order valence-corrected chi connectivity index (χ1v) is 9.46. The number of fused-ring (bicyclic) bond motifs is 1. The lowest BCUT2D eigenvalue weighted by Crippen LogP contribution is -2.34. The third-order valence-corrected chi connectivity index (χ3v) is 4.14. The van der Waals surface area contributed by atoms with Crippen molar-refractivity contribution in [3.63, 3.8) is 0 Å². The summed E-state index contributed by atoms with van der Waals surface area (Å²) < 4.78 is 6.23. The van der Waals surface area contributed by atoms with E-state index in [1.165, 1.54) is 0 Å². The summed E-state index contributed by atoms with van der Waals surface area (Å²) in [7, 11) is -1.66. The lowest BCUT2D eigenvalue weighted by molar-refractivity contribution is 0.0563. The van der Waals surface area contributed by atoms with Crippen LogP contribution >= 0.6 is 0 Å². The summed E-state index contributed by atoms with van der Waals surface area (Å²) in [5.74, 6) is 0.205. The Bertz CT molecular complexity index is 458. The van der Waals surface area contributed by atoms with Gasteiger partial charge in [-0.25, -0.2) is 0 Å². The normalized spacial score (nSPS) is 22.6. The monoisotopic (exact) mass is 248 g/mol. The molecular weight excluding hydrogens is 228 g/mol. The van der Waals surface area contributed by atoms with Crippen LogP contribution < -0.4 is 0 Å². The van der Waals surface area contributed by atoms with Crippen molar-refractivity contribution in [2.45, 2.75) is 39.6 Å². The van der Waals surface area contributed by atoms with Crippen LogP contribution in [-0.4, -0.2) is 14.1 Å². The van der Waals surface area contributed by atoms with Gasteiger partial charge in [0, 0.05) is 5.56 Å². The predicted octanol–water partition coefficient (Wildman–Crippen LogP) is 3.80. The molecule has 0 N–H and O–H groups in total. The molecule has 17 heavy (non-hydrogen) atoms. The molecule has 2 nitrogen and oxygen atoms in total. The molecule has 1 aromatic rings. The third-order valence-electron chi connectivity index (χ3n) is 3.20. The van der Waals surface area contributed by atoms with Gasteiger partial charge in [-0.15, -0.1) is 0 Å². The zero-order chi connectivity index (χ0) is 12.8. The quantitative estimate of drug-likeness (QED) is 0.744. The average molecular weight is 248 g/mol. The minimum absolute atomic E-state index is 0.0853. The summed E-state index contributed by atoms with van der Waals surface area (Å²) in [5, 5.41) is 0. The Balaban J connectivity index is 2.48. The first-order valence-electron chi connectivity index (χ1n) is 6.05. The first-order chi connectivity index (χ1) is 7.73. The molecule has 0 radical (unpaired) electrons. The van der Waals surface area contributed by atoms with Crippen LogP contribution in [0.3, 0.4) is 0 Å². The minimum atomic E-state index is -1.66. The van der Waals surface area contributed by atoms with Crippen LogP contribution in [0.4, 0.5) is 0 Å². The number of ketones is 1. The molecule has 92 valence electrons. The molecule has 0 saturated heterocycles. The average Bonchev–Trinajstić information content (AvgIpc) is 2.39. The molecule has 0 aromatic heterocycles. The number of hydrogen-bond donors (Lipinski definition) is 0. The maximum atomic E-state index is 12.3. The second-order valence-electron chi connectivity index (χ2n) is 6.25. The number of benzene rings is 1. The van der Waals surface area contributed by atoms with E-state index in [0.717, 1.165) is 11.1 Å². The Labute approximate surface area is 104 Å². The Morgan fingerprint density at radius 3 is 2.35 bits per heavy atom. The van der Waals surface area contributed by atoms with Crippen molar-refractivity contribution in [3.8, 4) is 0 Å². The molecule has 0 aliphatic heterocycles. The first kappa shape index (κ1) is 12.5. The minimum Gasteiger partial charge on any atom is -0.410 e. The van der Waals surface area contributed by atoms with Crippen molar-refractivity contribution in [3.05, 3.63) is 35.4 Å². The Kier molecular flexibility index (Phi) is 2.79. The smallest absolute Gasteiger partial charge is 0.184 e. The highest BCUT2D eigenvalue weighted by atomic mass is 28.4. The second kappa shape index (κ2) is 3.78. The van der Waals surface area contributed by atoms with Crippen LogP contribution in [0.15, 0.2) is 24.3 Å². The molecule has 0 spiro atoms. The van der Waals surface area contributed by atoms with E-state index in [0.29, 0.717) is 0 Å². The van der Waals surface area contributed by atoms with Gasteiger partial charge in [0.2, 0.25) is 0 Å². The van der Waals surface area contributed by atoms with Crippen LogP contribution in [-0.2, 0) is 4.43 Å². The highest BCUT2D eigenvalue weighted by molar-refractivity contribution is 6.69. The maximum Gasteiger partial charge on any atom is 0.184 e. The van der Waals surface area contributed by atoms with Gasteiger partial charge in [-0.1, -0.05) is 24.3 Å². The van der Waals surface area contributed by atoms with Crippen molar-refractivity contribution < 1.29 is 9.22 Å². The van der Waals surface area contributed by atoms with E-state index in [1.54, 1.807) is 0 Å². The molecule has 0 fully saturated rings.